The molecule has 0 atom stereocenters. The lowest BCUT2D eigenvalue weighted by atomic mass is 9.95. The smallest absolute Gasteiger partial charge is 0.202 e. The number of methoxy groups -OCH3 is 2. The van der Waals surface area contributed by atoms with Crippen LogP contribution in [-0.2, 0) is 28.9 Å². The Morgan fingerprint density at radius 3 is 2.52 bits per heavy atom. The van der Waals surface area contributed by atoms with Crippen molar-refractivity contribution in [2.45, 2.75) is 38.5 Å². The van der Waals surface area contributed by atoms with Crippen molar-refractivity contribution in [3.63, 3.8) is 0 Å². The third-order valence-electron chi connectivity index (χ3n) is 4.11. The van der Waals surface area contributed by atoms with Crippen molar-refractivity contribution in [1.29, 1.82) is 0 Å². The molecular weight excluding hydrogens is 264 g/mol. The Kier molecular flexibility index (Phi) is 4.36. The molecule has 0 amide bonds. The van der Waals surface area contributed by atoms with Gasteiger partial charge in [-0.15, -0.1) is 0 Å². The van der Waals surface area contributed by atoms with Gasteiger partial charge in [-0.3, -0.25) is 4.68 Å². The van der Waals surface area contributed by atoms with Crippen molar-refractivity contribution in [2.75, 3.05) is 14.2 Å². The Bertz CT molecular complexity index is 588. The summed E-state index contributed by atoms with van der Waals surface area (Å²) in [7, 11) is 3.33. The van der Waals surface area contributed by atoms with Crippen LogP contribution in [0.4, 0.5) is 0 Å². The summed E-state index contributed by atoms with van der Waals surface area (Å²) in [6.45, 7) is 0.809. The second-order valence-electron chi connectivity index (χ2n) is 5.46. The first kappa shape index (κ1) is 14.3. The Labute approximate surface area is 125 Å². The van der Waals surface area contributed by atoms with Gasteiger partial charge in [0.05, 0.1) is 6.54 Å². The van der Waals surface area contributed by atoms with Crippen molar-refractivity contribution < 1.29 is 9.47 Å². The molecule has 0 spiro atoms. The Hall–Kier alpha value is -1.65. The van der Waals surface area contributed by atoms with E-state index < -0.39 is 0 Å². The van der Waals surface area contributed by atoms with E-state index in [1.807, 2.05) is 6.07 Å². The molecule has 0 fully saturated rings. The topological polar surface area (TPSA) is 36.3 Å². The van der Waals surface area contributed by atoms with Crippen LogP contribution in [0.1, 0.15) is 41.6 Å². The molecule has 0 bridgehead atoms. The fourth-order valence-electron chi connectivity index (χ4n) is 3.10. The fourth-order valence-corrected chi connectivity index (χ4v) is 3.10. The van der Waals surface area contributed by atoms with Crippen LogP contribution in [0.5, 0.6) is 0 Å². The van der Waals surface area contributed by atoms with Gasteiger partial charge in [0, 0.05) is 25.5 Å². The van der Waals surface area contributed by atoms with E-state index in [0.29, 0.717) is 0 Å². The number of hydrogen-bond acceptors (Lipinski definition) is 3. The molecule has 21 heavy (non-hydrogen) atoms. The molecule has 0 saturated heterocycles. The summed E-state index contributed by atoms with van der Waals surface area (Å²) < 4.78 is 13.0. The average molecular weight is 286 g/mol. The monoisotopic (exact) mass is 286 g/mol. The zero-order chi connectivity index (χ0) is 14.7. The molecule has 4 nitrogen and oxygen atoms in total. The van der Waals surface area contributed by atoms with Crippen LogP contribution >= 0.6 is 0 Å². The Morgan fingerprint density at radius 1 is 1.10 bits per heavy atom. The fraction of sp³-hybridized carbons (Fsp3) is 0.471. The molecule has 1 heterocycles. The van der Waals surface area contributed by atoms with Gasteiger partial charge in [0.25, 0.3) is 0 Å². The highest BCUT2D eigenvalue weighted by molar-refractivity contribution is 5.30. The minimum Gasteiger partial charge on any atom is -0.350 e. The molecule has 3 rings (SSSR count). The van der Waals surface area contributed by atoms with Gasteiger partial charge in [0.15, 0.2) is 0 Å². The van der Waals surface area contributed by atoms with Crippen molar-refractivity contribution >= 4 is 0 Å². The second-order valence-corrected chi connectivity index (χ2v) is 5.46. The van der Waals surface area contributed by atoms with Crippen LogP contribution in [0.2, 0.25) is 0 Å². The molecule has 112 valence electrons. The van der Waals surface area contributed by atoms with E-state index in [1.54, 1.807) is 14.2 Å². The van der Waals surface area contributed by atoms with Crippen LogP contribution in [0.15, 0.2) is 30.3 Å². The normalized spacial score (nSPS) is 14.4. The van der Waals surface area contributed by atoms with E-state index >= 15 is 0 Å². The maximum absolute atomic E-state index is 5.42. The zero-order valence-electron chi connectivity index (χ0n) is 12.7. The molecule has 4 heteroatoms. The van der Waals surface area contributed by atoms with E-state index in [-0.39, 0.29) is 6.29 Å². The summed E-state index contributed by atoms with van der Waals surface area (Å²) in [4.78, 5) is 0. The van der Waals surface area contributed by atoms with Gasteiger partial charge in [0.1, 0.15) is 5.69 Å². The highest BCUT2D eigenvalue weighted by Gasteiger charge is 2.25. The predicted molar refractivity (Wildman–Crippen MR) is 81.2 cm³/mol. The molecule has 0 N–H and O–H groups in total. The number of ether oxygens (including phenoxy) is 2. The van der Waals surface area contributed by atoms with Crippen molar-refractivity contribution in [1.82, 2.24) is 9.78 Å². The lowest BCUT2D eigenvalue weighted by Crippen LogP contribution is -2.10. The maximum atomic E-state index is 5.42. The first-order valence-electron chi connectivity index (χ1n) is 7.51. The largest absolute Gasteiger partial charge is 0.350 e. The molecule has 1 aliphatic rings. The molecule has 0 aliphatic heterocycles. The molecule has 1 aliphatic carbocycles. The second kappa shape index (κ2) is 6.41. The highest BCUT2D eigenvalue weighted by atomic mass is 16.7. The van der Waals surface area contributed by atoms with E-state index in [2.05, 4.69) is 28.9 Å². The summed E-state index contributed by atoms with van der Waals surface area (Å²) in [5, 5.41) is 4.80. The lowest BCUT2D eigenvalue weighted by Gasteiger charge is -2.16. The standard InChI is InChI=1S/C17H22N2O2/c1-20-17(21-2)16-14-10-6-7-11-15(14)19(18-16)12-13-8-4-3-5-9-13/h3-5,8-9,17H,6-7,10-12H2,1-2H3. The maximum Gasteiger partial charge on any atom is 0.202 e. The van der Waals surface area contributed by atoms with E-state index in [4.69, 9.17) is 14.6 Å². The quantitative estimate of drug-likeness (QED) is 0.792. The number of benzene rings is 1. The summed E-state index contributed by atoms with van der Waals surface area (Å²) in [5.74, 6) is 0. The Morgan fingerprint density at radius 2 is 1.81 bits per heavy atom. The first-order valence-corrected chi connectivity index (χ1v) is 7.51. The molecule has 0 unspecified atom stereocenters. The van der Waals surface area contributed by atoms with Crippen molar-refractivity contribution in [3.05, 3.63) is 52.8 Å². The van der Waals surface area contributed by atoms with E-state index in [0.717, 1.165) is 25.1 Å². The van der Waals surface area contributed by atoms with Crippen LogP contribution in [0.25, 0.3) is 0 Å². The van der Waals surface area contributed by atoms with Crippen LogP contribution < -0.4 is 0 Å². The van der Waals surface area contributed by atoms with Gasteiger partial charge in [-0.1, -0.05) is 30.3 Å². The van der Waals surface area contributed by atoms with Gasteiger partial charge >= 0.3 is 0 Å². The molecule has 1 aromatic carbocycles. The summed E-state index contributed by atoms with van der Waals surface area (Å²) in [5.41, 5.74) is 4.89. The molecule has 0 saturated carbocycles. The number of hydrogen-bond donors (Lipinski definition) is 0. The predicted octanol–water partition coefficient (Wildman–Crippen LogP) is 3.10. The SMILES string of the molecule is COC(OC)c1nn(Cc2ccccc2)c2c1CCCC2. The first-order chi connectivity index (χ1) is 10.3. The lowest BCUT2D eigenvalue weighted by molar-refractivity contribution is -0.109. The number of aromatic nitrogens is 2. The van der Waals surface area contributed by atoms with Gasteiger partial charge in [-0.25, -0.2) is 0 Å². The third kappa shape index (κ3) is 2.87. The molecule has 1 aromatic heterocycles. The van der Waals surface area contributed by atoms with Gasteiger partial charge in [-0.2, -0.15) is 5.10 Å². The van der Waals surface area contributed by atoms with Crippen molar-refractivity contribution in [3.8, 4) is 0 Å². The van der Waals surface area contributed by atoms with Gasteiger partial charge in [0.2, 0.25) is 6.29 Å². The minimum absolute atomic E-state index is 0.367. The van der Waals surface area contributed by atoms with Crippen LogP contribution in [-0.4, -0.2) is 24.0 Å². The molecule has 0 radical (unpaired) electrons. The third-order valence-corrected chi connectivity index (χ3v) is 4.11. The summed E-state index contributed by atoms with van der Waals surface area (Å²) in [6, 6.07) is 10.5. The number of fused-ring (bicyclic) bond motifs is 1. The zero-order valence-corrected chi connectivity index (χ0v) is 12.7. The average Bonchev–Trinajstić information content (AvgIpc) is 2.89. The van der Waals surface area contributed by atoms with Gasteiger partial charge in [-0.05, 0) is 31.2 Å². The molecular formula is C17H22N2O2. The minimum atomic E-state index is -0.367. The summed E-state index contributed by atoms with van der Waals surface area (Å²) in [6.07, 6.45) is 4.25. The number of nitrogens with zero attached hydrogens (tertiary/aromatic N) is 2. The highest BCUT2D eigenvalue weighted by Crippen LogP contribution is 2.30. The van der Waals surface area contributed by atoms with Gasteiger partial charge < -0.3 is 9.47 Å². The Balaban J connectivity index is 1.97. The van der Waals surface area contributed by atoms with E-state index in [9.17, 15) is 0 Å². The van der Waals surface area contributed by atoms with Crippen LogP contribution in [0.3, 0.4) is 0 Å². The number of rotatable bonds is 5. The summed E-state index contributed by atoms with van der Waals surface area (Å²) >= 11 is 0. The van der Waals surface area contributed by atoms with Crippen molar-refractivity contribution in [2.24, 2.45) is 0 Å². The molecule has 2 aromatic rings. The van der Waals surface area contributed by atoms with E-state index in [1.165, 1.54) is 29.7 Å². The van der Waals surface area contributed by atoms with Crippen LogP contribution in [0, 0.1) is 0 Å².